The van der Waals surface area contributed by atoms with Gasteiger partial charge < -0.3 is 5.32 Å². The molecule has 1 aromatic rings. The normalized spacial score (nSPS) is 17.2. The zero-order chi connectivity index (χ0) is 12.3. The molecule has 1 saturated heterocycles. The largest absolute Gasteiger partial charge is 0.387 e. The van der Waals surface area contributed by atoms with E-state index in [1.165, 1.54) is 0 Å². The molecule has 0 atom stereocenters. The SMILES string of the molecule is N#C/C(C(=O)c1cccc(Br)c1)=C1/CCCN1. The predicted molar refractivity (Wildman–Crippen MR) is 68.3 cm³/mol. The summed E-state index contributed by atoms with van der Waals surface area (Å²) in [6.45, 7) is 0.840. The number of Topliss-reactive ketones (excluding diaryl/α,β-unsaturated/α-hetero) is 1. The van der Waals surface area contributed by atoms with Crippen LogP contribution < -0.4 is 5.32 Å². The maximum atomic E-state index is 12.2. The highest BCUT2D eigenvalue weighted by molar-refractivity contribution is 9.10. The molecular weight excluding hydrogens is 280 g/mol. The number of carbonyl (C=O) groups excluding carboxylic acids is 1. The number of nitrogens with one attached hydrogen (secondary N) is 1. The first-order chi connectivity index (χ1) is 8.22. The number of carbonyl (C=O) groups is 1. The topological polar surface area (TPSA) is 52.9 Å². The van der Waals surface area contributed by atoms with Crippen molar-refractivity contribution in [3.63, 3.8) is 0 Å². The minimum absolute atomic E-state index is 0.210. The lowest BCUT2D eigenvalue weighted by atomic mass is 10.0. The number of benzene rings is 1. The fourth-order valence-electron chi connectivity index (χ4n) is 1.84. The molecule has 1 N–H and O–H groups in total. The quantitative estimate of drug-likeness (QED) is 0.518. The maximum absolute atomic E-state index is 12.2. The number of hydrogen-bond donors (Lipinski definition) is 1. The predicted octanol–water partition coefficient (Wildman–Crippen LogP) is 2.79. The summed E-state index contributed by atoms with van der Waals surface area (Å²) in [6.07, 6.45) is 1.76. The minimum Gasteiger partial charge on any atom is -0.387 e. The third kappa shape index (κ3) is 2.56. The number of allylic oxidation sites excluding steroid dienone is 2. The molecule has 17 heavy (non-hydrogen) atoms. The van der Waals surface area contributed by atoms with Crippen LogP contribution in [0.15, 0.2) is 40.0 Å². The Labute approximate surface area is 108 Å². The summed E-state index contributed by atoms with van der Waals surface area (Å²) >= 11 is 3.32. The zero-order valence-corrected chi connectivity index (χ0v) is 10.8. The average Bonchev–Trinajstić information content (AvgIpc) is 2.83. The van der Waals surface area contributed by atoms with E-state index in [0.717, 1.165) is 29.6 Å². The number of nitrogens with zero attached hydrogens (tertiary/aromatic N) is 1. The third-order valence-corrected chi connectivity index (χ3v) is 3.16. The first-order valence-electron chi connectivity index (χ1n) is 5.40. The Morgan fingerprint density at radius 3 is 2.88 bits per heavy atom. The molecule has 1 aliphatic rings. The zero-order valence-electron chi connectivity index (χ0n) is 9.16. The van der Waals surface area contributed by atoms with Crippen LogP contribution in [-0.4, -0.2) is 12.3 Å². The van der Waals surface area contributed by atoms with Gasteiger partial charge in [0.2, 0.25) is 5.78 Å². The number of ketones is 1. The summed E-state index contributed by atoms with van der Waals surface area (Å²) in [6, 6.07) is 9.11. The highest BCUT2D eigenvalue weighted by Crippen LogP contribution is 2.19. The average molecular weight is 291 g/mol. The Morgan fingerprint density at radius 1 is 1.47 bits per heavy atom. The second-order valence-electron chi connectivity index (χ2n) is 3.84. The molecular formula is C13H11BrN2O. The van der Waals surface area contributed by atoms with Crippen molar-refractivity contribution in [1.82, 2.24) is 5.32 Å². The van der Waals surface area contributed by atoms with E-state index in [0.29, 0.717) is 5.56 Å². The number of halogens is 1. The molecule has 0 spiro atoms. The molecule has 0 aromatic heterocycles. The van der Waals surface area contributed by atoms with Crippen molar-refractivity contribution >= 4 is 21.7 Å². The van der Waals surface area contributed by atoms with Gasteiger partial charge in [0.1, 0.15) is 11.6 Å². The van der Waals surface area contributed by atoms with Crippen LogP contribution in [0, 0.1) is 11.3 Å². The maximum Gasteiger partial charge on any atom is 0.205 e. The van der Waals surface area contributed by atoms with Crippen LogP contribution in [0.3, 0.4) is 0 Å². The molecule has 2 rings (SSSR count). The molecule has 1 aliphatic heterocycles. The van der Waals surface area contributed by atoms with Crippen LogP contribution >= 0.6 is 15.9 Å². The van der Waals surface area contributed by atoms with Gasteiger partial charge in [-0.3, -0.25) is 4.79 Å². The second-order valence-corrected chi connectivity index (χ2v) is 4.75. The Bertz CT molecular complexity index is 520. The van der Waals surface area contributed by atoms with E-state index in [9.17, 15) is 4.79 Å². The van der Waals surface area contributed by atoms with Gasteiger partial charge in [-0.15, -0.1) is 0 Å². The van der Waals surface area contributed by atoms with Gasteiger partial charge in [0.25, 0.3) is 0 Å². The van der Waals surface area contributed by atoms with Crippen molar-refractivity contribution in [2.75, 3.05) is 6.54 Å². The van der Waals surface area contributed by atoms with Crippen LogP contribution in [0.4, 0.5) is 0 Å². The lowest BCUT2D eigenvalue weighted by molar-refractivity contribution is 0.103. The summed E-state index contributed by atoms with van der Waals surface area (Å²) < 4.78 is 0.838. The summed E-state index contributed by atoms with van der Waals surface area (Å²) in [7, 11) is 0. The summed E-state index contributed by atoms with van der Waals surface area (Å²) in [4.78, 5) is 12.2. The van der Waals surface area contributed by atoms with Crippen molar-refractivity contribution in [2.24, 2.45) is 0 Å². The first kappa shape index (κ1) is 11.9. The fourth-order valence-corrected chi connectivity index (χ4v) is 2.23. The van der Waals surface area contributed by atoms with Gasteiger partial charge >= 0.3 is 0 Å². The van der Waals surface area contributed by atoms with E-state index in [2.05, 4.69) is 21.2 Å². The smallest absolute Gasteiger partial charge is 0.205 e. The molecule has 0 amide bonds. The molecule has 1 aromatic carbocycles. The number of nitriles is 1. The monoisotopic (exact) mass is 290 g/mol. The first-order valence-corrected chi connectivity index (χ1v) is 6.19. The lowest BCUT2D eigenvalue weighted by Gasteiger charge is -2.04. The van der Waals surface area contributed by atoms with E-state index in [1.54, 1.807) is 18.2 Å². The highest BCUT2D eigenvalue weighted by Gasteiger charge is 2.19. The van der Waals surface area contributed by atoms with Crippen molar-refractivity contribution in [2.45, 2.75) is 12.8 Å². The van der Waals surface area contributed by atoms with Gasteiger partial charge in [-0.25, -0.2) is 0 Å². The van der Waals surface area contributed by atoms with Crippen LogP contribution in [0.25, 0.3) is 0 Å². The van der Waals surface area contributed by atoms with Crippen molar-refractivity contribution < 1.29 is 4.79 Å². The molecule has 0 unspecified atom stereocenters. The molecule has 3 nitrogen and oxygen atoms in total. The van der Waals surface area contributed by atoms with E-state index in [-0.39, 0.29) is 11.4 Å². The van der Waals surface area contributed by atoms with Crippen LogP contribution in [0.1, 0.15) is 23.2 Å². The van der Waals surface area contributed by atoms with E-state index in [4.69, 9.17) is 5.26 Å². The highest BCUT2D eigenvalue weighted by atomic mass is 79.9. The fraction of sp³-hybridized carbons (Fsp3) is 0.231. The minimum atomic E-state index is -0.210. The van der Waals surface area contributed by atoms with E-state index < -0.39 is 0 Å². The number of hydrogen-bond acceptors (Lipinski definition) is 3. The van der Waals surface area contributed by atoms with Gasteiger partial charge in [-0.1, -0.05) is 28.1 Å². The van der Waals surface area contributed by atoms with E-state index >= 15 is 0 Å². The van der Waals surface area contributed by atoms with Gasteiger partial charge in [0, 0.05) is 22.3 Å². The van der Waals surface area contributed by atoms with Crippen molar-refractivity contribution in [3.8, 4) is 6.07 Å². The summed E-state index contributed by atoms with van der Waals surface area (Å²) in [5, 5.41) is 12.2. The summed E-state index contributed by atoms with van der Waals surface area (Å²) in [5.41, 5.74) is 1.55. The molecule has 86 valence electrons. The van der Waals surface area contributed by atoms with Crippen molar-refractivity contribution in [1.29, 1.82) is 5.26 Å². The van der Waals surface area contributed by atoms with Gasteiger partial charge in [-0.2, -0.15) is 5.26 Å². The third-order valence-electron chi connectivity index (χ3n) is 2.67. The van der Waals surface area contributed by atoms with Gasteiger partial charge in [0.15, 0.2) is 0 Å². The molecule has 1 heterocycles. The van der Waals surface area contributed by atoms with E-state index in [1.807, 2.05) is 12.1 Å². The van der Waals surface area contributed by atoms with Gasteiger partial charge in [-0.05, 0) is 25.0 Å². The van der Waals surface area contributed by atoms with Crippen molar-refractivity contribution in [3.05, 3.63) is 45.6 Å². The molecule has 1 fully saturated rings. The molecule has 0 radical (unpaired) electrons. The Morgan fingerprint density at radius 2 is 2.29 bits per heavy atom. The lowest BCUT2D eigenvalue weighted by Crippen LogP contribution is -2.12. The Kier molecular flexibility index (Phi) is 3.60. The van der Waals surface area contributed by atoms with Crippen LogP contribution in [0.5, 0.6) is 0 Å². The van der Waals surface area contributed by atoms with Gasteiger partial charge in [0.05, 0.1) is 0 Å². The van der Waals surface area contributed by atoms with Crippen LogP contribution in [-0.2, 0) is 0 Å². The molecule has 0 saturated carbocycles. The molecule has 0 aliphatic carbocycles. The Hall–Kier alpha value is -1.60. The molecule has 4 heteroatoms. The standard InChI is InChI=1S/C13H11BrN2O/c14-10-4-1-3-9(7-10)13(17)11(8-15)12-5-2-6-16-12/h1,3-4,7,16H,2,5-6H2/b12-11+. The molecule has 0 bridgehead atoms. The number of rotatable bonds is 2. The Balaban J connectivity index is 2.37. The summed E-state index contributed by atoms with van der Waals surface area (Å²) in [5.74, 6) is -0.210. The van der Waals surface area contributed by atoms with Crippen LogP contribution in [0.2, 0.25) is 0 Å². The second kappa shape index (κ2) is 5.15.